The lowest BCUT2D eigenvalue weighted by molar-refractivity contribution is 0.434. The first-order valence-corrected chi connectivity index (χ1v) is 6.49. The van der Waals surface area contributed by atoms with Crippen LogP contribution in [0.15, 0.2) is 47.8 Å². The number of rotatable bonds is 4. The molecule has 1 nitrogen and oxygen atoms in total. The van der Waals surface area contributed by atoms with Gasteiger partial charge < -0.3 is 5.73 Å². The van der Waals surface area contributed by atoms with Crippen molar-refractivity contribution in [3.8, 4) is 0 Å². The summed E-state index contributed by atoms with van der Waals surface area (Å²) in [6, 6.07) is 14.7. The zero-order valence-electron chi connectivity index (χ0n) is 9.52. The summed E-state index contributed by atoms with van der Waals surface area (Å²) in [4.78, 5) is 1.28. The van der Waals surface area contributed by atoms with E-state index in [-0.39, 0.29) is 5.54 Å². The monoisotopic (exact) mass is 231 g/mol. The van der Waals surface area contributed by atoms with Gasteiger partial charge in [0.1, 0.15) is 0 Å². The second-order valence-corrected chi connectivity index (χ2v) is 5.10. The van der Waals surface area contributed by atoms with Crippen LogP contribution in [-0.2, 0) is 12.0 Å². The average Bonchev–Trinajstić information content (AvgIpc) is 2.84. The molecular formula is C14H17NS. The molecule has 2 aromatic rings. The van der Waals surface area contributed by atoms with Gasteiger partial charge in [-0.15, -0.1) is 11.3 Å². The van der Waals surface area contributed by atoms with Crippen LogP contribution in [0.1, 0.15) is 23.8 Å². The van der Waals surface area contributed by atoms with Crippen molar-refractivity contribution in [3.63, 3.8) is 0 Å². The zero-order valence-corrected chi connectivity index (χ0v) is 10.3. The summed E-state index contributed by atoms with van der Waals surface area (Å²) in [5, 5.41) is 2.09. The number of nitrogens with two attached hydrogens (primary N) is 1. The molecule has 0 saturated carbocycles. The van der Waals surface area contributed by atoms with Crippen LogP contribution >= 0.6 is 11.3 Å². The Kier molecular flexibility index (Phi) is 3.42. The summed E-state index contributed by atoms with van der Waals surface area (Å²) >= 11 is 1.75. The molecule has 0 bridgehead atoms. The third kappa shape index (κ3) is 2.34. The summed E-state index contributed by atoms with van der Waals surface area (Å²) in [7, 11) is 0. The van der Waals surface area contributed by atoms with Gasteiger partial charge >= 0.3 is 0 Å². The van der Waals surface area contributed by atoms with Crippen LogP contribution in [0.2, 0.25) is 0 Å². The molecule has 0 spiro atoms. The predicted octanol–water partition coefficient (Wildman–Crippen LogP) is 3.55. The van der Waals surface area contributed by atoms with E-state index in [9.17, 15) is 0 Å². The van der Waals surface area contributed by atoms with Gasteiger partial charge in [0.15, 0.2) is 0 Å². The lowest BCUT2D eigenvalue weighted by atomic mass is 9.88. The van der Waals surface area contributed by atoms with Gasteiger partial charge in [-0.1, -0.05) is 43.3 Å². The molecule has 84 valence electrons. The number of hydrogen-bond acceptors (Lipinski definition) is 2. The van der Waals surface area contributed by atoms with Gasteiger partial charge in [0.05, 0.1) is 5.54 Å². The first-order valence-electron chi connectivity index (χ1n) is 5.61. The van der Waals surface area contributed by atoms with Crippen LogP contribution in [0.3, 0.4) is 0 Å². The molecule has 2 N–H and O–H groups in total. The largest absolute Gasteiger partial charge is 0.320 e. The molecule has 2 heteroatoms. The SMILES string of the molecule is CCC(N)(Cc1ccccc1)c1cccs1. The first-order chi connectivity index (χ1) is 7.74. The molecule has 1 aromatic carbocycles. The predicted molar refractivity (Wildman–Crippen MR) is 70.6 cm³/mol. The van der Waals surface area contributed by atoms with E-state index in [1.54, 1.807) is 11.3 Å². The van der Waals surface area contributed by atoms with Crippen molar-refractivity contribution in [2.24, 2.45) is 5.73 Å². The third-order valence-corrected chi connectivity index (χ3v) is 4.09. The Morgan fingerprint density at radius 2 is 1.88 bits per heavy atom. The fraction of sp³-hybridized carbons (Fsp3) is 0.286. The van der Waals surface area contributed by atoms with E-state index < -0.39 is 0 Å². The number of thiophene rings is 1. The van der Waals surface area contributed by atoms with E-state index in [0.29, 0.717) is 0 Å². The molecule has 0 aliphatic carbocycles. The quantitative estimate of drug-likeness (QED) is 0.855. The summed E-state index contributed by atoms with van der Waals surface area (Å²) in [6.07, 6.45) is 1.87. The second kappa shape index (κ2) is 4.81. The Labute approximate surface area is 101 Å². The van der Waals surface area contributed by atoms with E-state index >= 15 is 0 Å². The molecular weight excluding hydrogens is 214 g/mol. The summed E-state index contributed by atoms with van der Waals surface area (Å²) in [5.41, 5.74) is 7.60. The molecule has 16 heavy (non-hydrogen) atoms. The van der Waals surface area contributed by atoms with E-state index in [2.05, 4.69) is 48.7 Å². The van der Waals surface area contributed by atoms with Crippen molar-refractivity contribution >= 4 is 11.3 Å². The van der Waals surface area contributed by atoms with Gasteiger partial charge in [0.2, 0.25) is 0 Å². The Bertz CT molecular complexity index is 421. The molecule has 0 radical (unpaired) electrons. The van der Waals surface area contributed by atoms with E-state index in [0.717, 1.165) is 12.8 Å². The maximum absolute atomic E-state index is 6.51. The van der Waals surface area contributed by atoms with Crippen LogP contribution in [0.5, 0.6) is 0 Å². The highest BCUT2D eigenvalue weighted by atomic mass is 32.1. The molecule has 0 aliphatic heterocycles. The zero-order chi connectivity index (χ0) is 11.4. The standard InChI is InChI=1S/C14H17NS/c1-2-14(15,13-9-6-10-16-13)11-12-7-4-3-5-8-12/h3-10H,2,11,15H2,1H3. The summed E-state index contributed by atoms with van der Waals surface area (Å²) in [6.45, 7) is 2.16. The molecule has 0 saturated heterocycles. The molecule has 1 aromatic heterocycles. The Hall–Kier alpha value is -1.12. The fourth-order valence-corrected chi connectivity index (χ4v) is 2.82. The van der Waals surface area contributed by atoms with Crippen molar-refractivity contribution in [3.05, 3.63) is 58.3 Å². The average molecular weight is 231 g/mol. The van der Waals surface area contributed by atoms with Crippen LogP contribution in [0, 0.1) is 0 Å². The highest BCUT2D eigenvalue weighted by Gasteiger charge is 2.26. The lowest BCUT2D eigenvalue weighted by Crippen LogP contribution is -2.37. The van der Waals surface area contributed by atoms with E-state index in [1.807, 2.05) is 6.07 Å². The van der Waals surface area contributed by atoms with Gasteiger partial charge in [0.25, 0.3) is 0 Å². The Morgan fingerprint density at radius 1 is 1.12 bits per heavy atom. The number of benzene rings is 1. The molecule has 0 fully saturated rings. The minimum atomic E-state index is -0.213. The third-order valence-electron chi connectivity index (χ3n) is 3.01. The summed E-state index contributed by atoms with van der Waals surface area (Å²) in [5.74, 6) is 0. The molecule has 1 atom stereocenters. The molecule has 0 aliphatic rings. The normalized spacial score (nSPS) is 14.6. The smallest absolute Gasteiger partial charge is 0.0541 e. The highest BCUT2D eigenvalue weighted by molar-refractivity contribution is 7.10. The molecule has 1 unspecified atom stereocenters. The van der Waals surface area contributed by atoms with Crippen molar-refractivity contribution in [2.75, 3.05) is 0 Å². The molecule has 2 rings (SSSR count). The number of hydrogen-bond donors (Lipinski definition) is 1. The van der Waals surface area contributed by atoms with Gasteiger partial charge in [-0.2, -0.15) is 0 Å². The van der Waals surface area contributed by atoms with Crippen molar-refractivity contribution < 1.29 is 0 Å². The summed E-state index contributed by atoms with van der Waals surface area (Å²) < 4.78 is 0. The maximum Gasteiger partial charge on any atom is 0.0541 e. The van der Waals surface area contributed by atoms with Gasteiger partial charge in [-0.25, -0.2) is 0 Å². The van der Waals surface area contributed by atoms with Crippen molar-refractivity contribution in [2.45, 2.75) is 25.3 Å². The van der Waals surface area contributed by atoms with E-state index in [4.69, 9.17) is 5.73 Å². The van der Waals surface area contributed by atoms with Crippen molar-refractivity contribution in [1.29, 1.82) is 0 Å². The Morgan fingerprint density at radius 3 is 2.44 bits per heavy atom. The molecule has 1 heterocycles. The van der Waals surface area contributed by atoms with Crippen molar-refractivity contribution in [1.82, 2.24) is 0 Å². The second-order valence-electron chi connectivity index (χ2n) is 4.15. The topological polar surface area (TPSA) is 26.0 Å². The lowest BCUT2D eigenvalue weighted by Gasteiger charge is -2.27. The minimum absolute atomic E-state index is 0.213. The highest BCUT2D eigenvalue weighted by Crippen LogP contribution is 2.29. The first kappa shape index (κ1) is 11.4. The molecule has 0 amide bonds. The maximum atomic E-state index is 6.51. The van der Waals surface area contributed by atoms with Gasteiger partial charge in [-0.05, 0) is 29.9 Å². The van der Waals surface area contributed by atoms with Crippen LogP contribution < -0.4 is 5.73 Å². The van der Waals surface area contributed by atoms with Crippen LogP contribution in [0.25, 0.3) is 0 Å². The van der Waals surface area contributed by atoms with Gasteiger partial charge in [0, 0.05) is 4.88 Å². The fourth-order valence-electron chi connectivity index (χ4n) is 1.91. The minimum Gasteiger partial charge on any atom is -0.320 e. The van der Waals surface area contributed by atoms with Gasteiger partial charge in [-0.3, -0.25) is 0 Å². The van der Waals surface area contributed by atoms with E-state index in [1.165, 1.54) is 10.4 Å². The van der Waals surface area contributed by atoms with Crippen LogP contribution in [-0.4, -0.2) is 0 Å². The van der Waals surface area contributed by atoms with Crippen LogP contribution in [0.4, 0.5) is 0 Å². The Balaban J connectivity index is 2.23.